The molecule has 2 aliphatic heterocycles. The van der Waals surface area contributed by atoms with Gasteiger partial charge in [0, 0.05) is 30.0 Å². The molecule has 2 heteroatoms. The van der Waals surface area contributed by atoms with E-state index in [0.717, 1.165) is 13.1 Å². The van der Waals surface area contributed by atoms with Gasteiger partial charge in [0.05, 0.1) is 0 Å². The van der Waals surface area contributed by atoms with Crippen molar-refractivity contribution in [2.45, 2.75) is 32.6 Å². The average molecular weight is 278 g/mol. The van der Waals surface area contributed by atoms with Crippen molar-refractivity contribution in [3.8, 4) is 11.1 Å². The molecule has 2 aromatic rings. The molecule has 0 aromatic heterocycles. The molecule has 21 heavy (non-hydrogen) atoms. The molecule has 0 amide bonds. The van der Waals surface area contributed by atoms with Crippen LogP contribution in [0.15, 0.2) is 30.3 Å². The highest BCUT2D eigenvalue weighted by molar-refractivity contribution is 5.86. The molecule has 0 saturated carbocycles. The molecular formula is C19H22N2. The van der Waals surface area contributed by atoms with E-state index in [4.69, 9.17) is 0 Å². The molecule has 2 aromatic carbocycles. The molecule has 2 heterocycles. The van der Waals surface area contributed by atoms with Crippen molar-refractivity contribution in [1.29, 1.82) is 0 Å². The average Bonchev–Trinajstić information content (AvgIpc) is 2.55. The Morgan fingerprint density at radius 1 is 0.810 bits per heavy atom. The number of hydrogen-bond donors (Lipinski definition) is 2. The van der Waals surface area contributed by atoms with Crippen LogP contribution in [0.4, 0.5) is 11.4 Å². The predicted octanol–water partition coefficient (Wildman–Crippen LogP) is 4.38. The first-order chi connectivity index (χ1) is 10.3. The fourth-order valence-corrected chi connectivity index (χ4v) is 3.74. The summed E-state index contributed by atoms with van der Waals surface area (Å²) in [5.74, 6) is 0. The van der Waals surface area contributed by atoms with Gasteiger partial charge in [0.2, 0.25) is 0 Å². The summed E-state index contributed by atoms with van der Waals surface area (Å²) in [5.41, 5.74) is 9.86. The second-order valence-corrected chi connectivity index (χ2v) is 6.18. The van der Waals surface area contributed by atoms with E-state index in [1.54, 1.807) is 0 Å². The van der Waals surface area contributed by atoms with E-state index in [0.29, 0.717) is 0 Å². The standard InChI is InChI=1S/C19H22N2/c1-13-9-10-15(16-8-4-12-20-18(13)16)17-7-2-5-14-6-3-11-21-19(14)17/h2,5,7,9-10,20-21H,3-4,6,8,11-12H2,1H3. The number of nitrogens with one attached hydrogen (secondary N) is 2. The SMILES string of the molecule is Cc1ccc(-c2cccc3c2NCCC3)c2c1NCCC2. The zero-order valence-electron chi connectivity index (χ0n) is 12.6. The molecule has 2 aliphatic rings. The molecule has 2 N–H and O–H groups in total. The number of benzene rings is 2. The van der Waals surface area contributed by atoms with Crippen LogP contribution in [0.25, 0.3) is 11.1 Å². The van der Waals surface area contributed by atoms with Crippen LogP contribution in [0.2, 0.25) is 0 Å². The van der Waals surface area contributed by atoms with Crippen molar-refractivity contribution in [1.82, 2.24) is 0 Å². The highest BCUT2D eigenvalue weighted by atomic mass is 14.9. The lowest BCUT2D eigenvalue weighted by molar-refractivity contribution is 0.825. The lowest BCUT2D eigenvalue weighted by Crippen LogP contribution is -2.15. The molecule has 0 bridgehead atoms. The van der Waals surface area contributed by atoms with Gasteiger partial charge in [-0.15, -0.1) is 0 Å². The van der Waals surface area contributed by atoms with Gasteiger partial charge >= 0.3 is 0 Å². The lowest BCUT2D eigenvalue weighted by Gasteiger charge is -2.26. The zero-order valence-corrected chi connectivity index (χ0v) is 12.6. The van der Waals surface area contributed by atoms with Gasteiger partial charge in [0.1, 0.15) is 0 Å². The number of anilines is 2. The number of para-hydroxylation sites is 1. The number of hydrogen-bond acceptors (Lipinski definition) is 2. The van der Waals surface area contributed by atoms with E-state index < -0.39 is 0 Å². The lowest BCUT2D eigenvalue weighted by atomic mass is 9.88. The molecule has 0 spiro atoms. The molecule has 4 rings (SSSR count). The third-order valence-electron chi connectivity index (χ3n) is 4.79. The molecule has 0 saturated heterocycles. The maximum Gasteiger partial charge on any atom is 0.0452 e. The van der Waals surface area contributed by atoms with Crippen LogP contribution in [0.1, 0.15) is 29.5 Å². The van der Waals surface area contributed by atoms with E-state index in [-0.39, 0.29) is 0 Å². The van der Waals surface area contributed by atoms with Crippen molar-refractivity contribution in [2.75, 3.05) is 23.7 Å². The number of rotatable bonds is 1. The minimum atomic E-state index is 1.09. The van der Waals surface area contributed by atoms with E-state index in [1.165, 1.54) is 64.9 Å². The van der Waals surface area contributed by atoms with E-state index >= 15 is 0 Å². The number of aryl methyl sites for hydroxylation is 2. The Kier molecular flexibility index (Phi) is 3.10. The Morgan fingerprint density at radius 3 is 2.52 bits per heavy atom. The summed E-state index contributed by atoms with van der Waals surface area (Å²) in [6.45, 7) is 4.40. The van der Waals surface area contributed by atoms with Gasteiger partial charge in [-0.25, -0.2) is 0 Å². The Morgan fingerprint density at radius 2 is 1.62 bits per heavy atom. The van der Waals surface area contributed by atoms with Crippen molar-refractivity contribution < 1.29 is 0 Å². The summed E-state index contributed by atoms with van der Waals surface area (Å²) in [7, 11) is 0. The van der Waals surface area contributed by atoms with Gasteiger partial charge in [0.15, 0.2) is 0 Å². The molecule has 0 atom stereocenters. The third kappa shape index (κ3) is 2.10. The van der Waals surface area contributed by atoms with E-state index in [1.807, 2.05) is 0 Å². The second-order valence-electron chi connectivity index (χ2n) is 6.18. The minimum Gasteiger partial charge on any atom is -0.385 e. The van der Waals surface area contributed by atoms with Crippen LogP contribution in [0.3, 0.4) is 0 Å². The summed E-state index contributed by atoms with van der Waals surface area (Å²) in [6.07, 6.45) is 4.85. The van der Waals surface area contributed by atoms with Gasteiger partial charge in [0.25, 0.3) is 0 Å². The fraction of sp³-hybridized carbons (Fsp3) is 0.368. The molecule has 0 aliphatic carbocycles. The van der Waals surface area contributed by atoms with Gasteiger partial charge in [-0.3, -0.25) is 0 Å². The van der Waals surface area contributed by atoms with E-state index in [9.17, 15) is 0 Å². The molecular weight excluding hydrogens is 256 g/mol. The van der Waals surface area contributed by atoms with Crippen LogP contribution in [-0.4, -0.2) is 13.1 Å². The number of fused-ring (bicyclic) bond motifs is 2. The zero-order chi connectivity index (χ0) is 14.2. The molecule has 0 fully saturated rings. The monoisotopic (exact) mass is 278 g/mol. The first-order valence-electron chi connectivity index (χ1n) is 8.07. The predicted molar refractivity (Wildman–Crippen MR) is 90.2 cm³/mol. The van der Waals surface area contributed by atoms with Crippen LogP contribution < -0.4 is 10.6 Å². The minimum absolute atomic E-state index is 1.09. The Balaban J connectivity index is 1.92. The smallest absolute Gasteiger partial charge is 0.0452 e. The molecule has 2 nitrogen and oxygen atoms in total. The highest BCUT2D eigenvalue weighted by Crippen LogP contribution is 2.40. The second kappa shape index (κ2) is 5.10. The van der Waals surface area contributed by atoms with Crippen molar-refractivity contribution in [3.63, 3.8) is 0 Å². The first-order valence-corrected chi connectivity index (χ1v) is 8.07. The van der Waals surface area contributed by atoms with Gasteiger partial charge < -0.3 is 10.6 Å². The summed E-state index contributed by atoms with van der Waals surface area (Å²) in [4.78, 5) is 0. The maximum absolute atomic E-state index is 3.63. The van der Waals surface area contributed by atoms with Crippen molar-refractivity contribution in [2.24, 2.45) is 0 Å². The maximum atomic E-state index is 3.63. The molecule has 0 radical (unpaired) electrons. The Bertz CT molecular complexity index is 688. The van der Waals surface area contributed by atoms with Crippen LogP contribution in [0.5, 0.6) is 0 Å². The van der Waals surface area contributed by atoms with Crippen LogP contribution >= 0.6 is 0 Å². The summed E-state index contributed by atoms with van der Waals surface area (Å²) >= 11 is 0. The van der Waals surface area contributed by atoms with Gasteiger partial charge in [-0.1, -0.05) is 30.3 Å². The molecule has 108 valence electrons. The molecule has 0 unspecified atom stereocenters. The third-order valence-corrected chi connectivity index (χ3v) is 4.79. The fourth-order valence-electron chi connectivity index (χ4n) is 3.74. The van der Waals surface area contributed by atoms with Gasteiger partial charge in [-0.2, -0.15) is 0 Å². The first kappa shape index (κ1) is 12.8. The Labute approximate surface area is 126 Å². The summed E-state index contributed by atoms with van der Waals surface area (Å²) in [6, 6.07) is 11.3. The topological polar surface area (TPSA) is 24.1 Å². The van der Waals surface area contributed by atoms with Crippen LogP contribution in [-0.2, 0) is 12.8 Å². The summed E-state index contributed by atoms with van der Waals surface area (Å²) in [5, 5.41) is 7.23. The van der Waals surface area contributed by atoms with Gasteiger partial charge in [-0.05, 0) is 54.9 Å². The Hall–Kier alpha value is -1.96. The quantitative estimate of drug-likeness (QED) is 0.809. The van der Waals surface area contributed by atoms with Crippen molar-refractivity contribution >= 4 is 11.4 Å². The summed E-state index contributed by atoms with van der Waals surface area (Å²) < 4.78 is 0. The van der Waals surface area contributed by atoms with Crippen molar-refractivity contribution in [3.05, 3.63) is 47.0 Å². The highest BCUT2D eigenvalue weighted by Gasteiger charge is 2.19. The van der Waals surface area contributed by atoms with E-state index in [2.05, 4.69) is 47.9 Å². The largest absolute Gasteiger partial charge is 0.385 e. The van der Waals surface area contributed by atoms with Crippen LogP contribution in [0, 0.1) is 6.92 Å². The normalized spacial score (nSPS) is 16.4.